The molecule has 7 nitrogen and oxygen atoms in total. The monoisotopic (exact) mass is 366 g/mol. The van der Waals surface area contributed by atoms with Gasteiger partial charge in [0.15, 0.2) is 0 Å². The van der Waals surface area contributed by atoms with Gasteiger partial charge in [-0.1, -0.05) is 30.3 Å². The van der Waals surface area contributed by atoms with Crippen LogP contribution in [0.3, 0.4) is 0 Å². The molecule has 0 saturated carbocycles. The molecule has 7 heteroatoms. The zero-order valence-electron chi connectivity index (χ0n) is 15.2. The third kappa shape index (κ3) is 5.13. The molecule has 1 aliphatic heterocycles. The highest BCUT2D eigenvalue weighted by atomic mass is 16.5. The van der Waals surface area contributed by atoms with Gasteiger partial charge in [-0.25, -0.2) is 9.99 Å². The van der Waals surface area contributed by atoms with Gasteiger partial charge in [0.05, 0.1) is 19.4 Å². The minimum absolute atomic E-state index is 0.133. The summed E-state index contributed by atoms with van der Waals surface area (Å²) in [6.45, 7) is 0.924. The van der Waals surface area contributed by atoms with Crippen molar-refractivity contribution in [2.24, 2.45) is 5.10 Å². The SMILES string of the molecule is COc1cc(CNC(=O)CCC(=O)N2CCC(c3ccccc3)=N2)ccn1. The van der Waals surface area contributed by atoms with Crippen molar-refractivity contribution in [3.63, 3.8) is 0 Å². The molecule has 0 aliphatic carbocycles. The van der Waals surface area contributed by atoms with Gasteiger partial charge >= 0.3 is 0 Å². The molecule has 1 aliphatic rings. The second-order valence-corrected chi connectivity index (χ2v) is 6.16. The summed E-state index contributed by atoms with van der Waals surface area (Å²) in [5, 5.41) is 8.66. The number of amides is 2. The molecule has 0 fully saturated rings. The molecule has 140 valence electrons. The van der Waals surface area contributed by atoms with E-state index in [1.54, 1.807) is 25.4 Å². The van der Waals surface area contributed by atoms with Crippen LogP contribution in [0.1, 0.15) is 30.4 Å². The molecule has 2 amide bonds. The smallest absolute Gasteiger partial charge is 0.243 e. The standard InChI is InChI=1S/C20H22N4O3/c1-27-19-13-15(9-11-21-19)14-22-18(25)7-8-20(26)24-12-10-17(23-24)16-5-3-2-4-6-16/h2-6,9,11,13H,7-8,10,12,14H2,1H3,(H,22,25). The molecule has 0 saturated heterocycles. The van der Waals surface area contributed by atoms with Crippen molar-refractivity contribution in [1.29, 1.82) is 0 Å². The molecule has 0 atom stereocenters. The fourth-order valence-electron chi connectivity index (χ4n) is 2.78. The first-order chi connectivity index (χ1) is 13.2. The van der Waals surface area contributed by atoms with Gasteiger partial charge in [0.2, 0.25) is 17.7 Å². The van der Waals surface area contributed by atoms with Crippen molar-refractivity contribution in [2.45, 2.75) is 25.8 Å². The molecule has 27 heavy (non-hydrogen) atoms. The average Bonchev–Trinajstić information content (AvgIpc) is 3.21. The molecule has 0 radical (unpaired) electrons. The number of methoxy groups -OCH3 is 1. The lowest BCUT2D eigenvalue weighted by molar-refractivity contribution is -0.133. The van der Waals surface area contributed by atoms with Crippen molar-refractivity contribution in [2.75, 3.05) is 13.7 Å². The first-order valence-corrected chi connectivity index (χ1v) is 8.84. The van der Waals surface area contributed by atoms with E-state index in [4.69, 9.17) is 4.74 Å². The number of nitrogens with zero attached hydrogens (tertiary/aromatic N) is 3. The maximum atomic E-state index is 12.3. The predicted octanol–water partition coefficient (Wildman–Crippen LogP) is 2.12. The molecule has 2 heterocycles. The number of carbonyl (C=O) groups is 2. The number of aromatic nitrogens is 1. The molecule has 2 aromatic rings. The quantitative estimate of drug-likeness (QED) is 0.814. The lowest BCUT2D eigenvalue weighted by Crippen LogP contribution is -2.27. The van der Waals surface area contributed by atoms with Crippen molar-refractivity contribution < 1.29 is 14.3 Å². The van der Waals surface area contributed by atoms with Crippen LogP contribution in [0, 0.1) is 0 Å². The summed E-state index contributed by atoms with van der Waals surface area (Å²) in [6, 6.07) is 13.4. The Kier molecular flexibility index (Phi) is 6.14. The summed E-state index contributed by atoms with van der Waals surface area (Å²) in [5.74, 6) is 0.185. The van der Waals surface area contributed by atoms with E-state index in [2.05, 4.69) is 15.4 Å². The number of carbonyl (C=O) groups excluding carboxylic acids is 2. The molecular formula is C20H22N4O3. The van der Waals surface area contributed by atoms with E-state index in [-0.39, 0.29) is 24.7 Å². The molecule has 1 aromatic heterocycles. The lowest BCUT2D eigenvalue weighted by Gasteiger charge is -2.11. The summed E-state index contributed by atoms with van der Waals surface area (Å²) in [4.78, 5) is 28.3. The number of ether oxygens (including phenoxy) is 1. The highest BCUT2D eigenvalue weighted by Crippen LogP contribution is 2.15. The summed E-state index contributed by atoms with van der Waals surface area (Å²) < 4.78 is 5.05. The van der Waals surface area contributed by atoms with Crippen molar-refractivity contribution >= 4 is 17.5 Å². The molecule has 0 spiro atoms. The van der Waals surface area contributed by atoms with Crippen LogP contribution in [0.25, 0.3) is 0 Å². The summed E-state index contributed by atoms with van der Waals surface area (Å²) in [5.41, 5.74) is 2.82. The van der Waals surface area contributed by atoms with E-state index < -0.39 is 0 Å². The predicted molar refractivity (Wildman–Crippen MR) is 101 cm³/mol. The minimum Gasteiger partial charge on any atom is -0.481 e. The third-order valence-electron chi connectivity index (χ3n) is 4.26. The number of benzene rings is 1. The number of hydrazone groups is 1. The van der Waals surface area contributed by atoms with E-state index in [0.717, 1.165) is 23.3 Å². The van der Waals surface area contributed by atoms with Crippen LogP contribution in [0.15, 0.2) is 53.8 Å². The minimum atomic E-state index is -0.175. The fraction of sp³-hybridized carbons (Fsp3) is 0.300. The molecule has 1 aromatic carbocycles. The second-order valence-electron chi connectivity index (χ2n) is 6.16. The van der Waals surface area contributed by atoms with E-state index in [9.17, 15) is 9.59 Å². The zero-order valence-corrected chi connectivity index (χ0v) is 15.2. The highest BCUT2D eigenvalue weighted by molar-refractivity contribution is 6.02. The molecular weight excluding hydrogens is 344 g/mol. The Labute approximate surface area is 158 Å². The summed E-state index contributed by atoms with van der Waals surface area (Å²) in [7, 11) is 1.54. The number of pyridine rings is 1. The number of hydrogen-bond acceptors (Lipinski definition) is 5. The molecule has 0 bridgehead atoms. The normalized spacial score (nSPS) is 13.2. The van der Waals surface area contributed by atoms with Gasteiger partial charge in [0, 0.05) is 38.1 Å². The Morgan fingerprint density at radius 2 is 2.00 bits per heavy atom. The van der Waals surface area contributed by atoms with Gasteiger partial charge in [-0.05, 0) is 17.2 Å². The van der Waals surface area contributed by atoms with Crippen LogP contribution in [0.4, 0.5) is 0 Å². The van der Waals surface area contributed by atoms with Gasteiger partial charge in [-0.3, -0.25) is 9.59 Å². The maximum Gasteiger partial charge on any atom is 0.243 e. The zero-order chi connectivity index (χ0) is 19.1. The van der Waals surface area contributed by atoms with Gasteiger partial charge in [-0.2, -0.15) is 5.10 Å². The van der Waals surface area contributed by atoms with Crippen molar-refractivity contribution in [3.05, 3.63) is 59.8 Å². The summed E-state index contributed by atoms with van der Waals surface area (Å²) in [6.07, 6.45) is 2.62. The first kappa shape index (κ1) is 18.6. The third-order valence-corrected chi connectivity index (χ3v) is 4.26. The Hall–Kier alpha value is -3.22. The molecule has 0 unspecified atom stereocenters. The van der Waals surface area contributed by atoms with Crippen LogP contribution >= 0.6 is 0 Å². The van der Waals surface area contributed by atoms with Crippen LogP contribution < -0.4 is 10.1 Å². The number of rotatable bonds is 7. The molecule has 3 rings (SSSR count). The topological polar surface area (TPSA) is 83.9 Å². The van der Waals surface area contributed by atoms with Crippen molar-refractivity contribution in [3.8, 4) is 5.88 Å². The fourth-order valence-corrected chi connectivity index (χ4v) is 2.78. The number of nitrogens with one attached hydrogen (secondary N) is 1. The van der Waals surface area contributed by atoms with Crippen LogP contribution in [0.5, 0.6) is 5.88 Å². The van der Waals surface area contributed by atoms with E-state index in [1.165, 1.54) is 5.01 Å². The van der Waals surface area contributed by atoms with Gasteiger partial charge in [0.1, 0.15) is 0 Å². The van der Waals surface area contributed by atoms with E-state index in [1.807, 2.05) is 30.3 Å². The van der Waals surface area contributed by atoms with Crippen LogP contribution in [-0.2, 0) is 16.1 Å². The van der Waals surface area contributed by atoms with Gasteiger partial charge < -0.3 is 10.1 Å². The van der Waals surface area contributed by atoms with Crippen LogP contribution in [-0.4, -0.2) is 41.2 Å². The highest BCUT2D eigenvalue weighted by Gasteiger charge is 2.21. The Morgan fingerprint density at radius 3 is 2.78 bits per heavy atom. The van der Waals surface area contributed by atoms with Crippen molar-refractivity contribution in [1.82, 2.24) is 15.3 Å². The Balaban J connectivity index is 1.45. The molecule has 1 N–H and O–H groups in total. The van der Waals surface area contributed by atoms with E-state index >= 15 is 0 Å². The first-order valence-electron chi connectivity index (χ1n) is 8.84. The summed E-state index contributed by atoms with van der Waals surface area (Å²) >= 11 is 0. The van der Waals surface area contributed by atoms with E-state index in [0.29, 0.717) is 19.0 Å². The average molecular weight is 366 g/mol. The second kappa shape index (κ2) is 8.93. The Bertz CT molecular complexity index is 836. The maximum absolute atomic E-state index is 12.3. The lowest BCUT2D eigenvalue weighted by atomic mass is 10.1. The van der Waals surface area contributed by atoms with Crippen LogP contribution in [0.2, 0.25) is 0 Å². The van der Waals surface area contributed by atoms with Gasteiger partial charge in [-0.15, -0.1) is 0 Å². The largest absolute Gasteiger partial charge is 0.481 e. The Morgan fingerprint density at radius 1 is 1.19 bits per heavy atom. The van der Waals surface area contributed by atoms with Gasteiger partial charge in [0.25, 0.3) is 0 Å². The number of hydrogen-bond donors (Lipinski definition) is 1.